The Balaban J connectivity index is 2.40. The number of carbonyl (C=O) groups is 1. The van der Waals surface area contributed by atoms with Crippen molar-refractivity contribution in [2.24, 2.45) is 0 Å². The molecule has 5 nitrogen and oxygen atoms in total. The zero-order valence-electron chi connectivity index (χ0n) is 11.3. The first-order chi connectivity index (χ1) is 10.2. The maximum absolute atomic E-state index is 12.3. The minimum Gasteiger partial charge on any atom is -0.478 e. The molecule has 2 N–H and O–H groups in total. The Kier molecular flexibility index (Phi) is 4.65. The molecule has 0 radical (unpaired) electrons. The number of aryl methyl sites for hydroxylation is 1. The molecule has 0 fully saturated rings. The van der Waals surface area contributed by atoms with Gasteiger partial charge in [0.1, 0.15) is 0 Å². The van der Waals surface area contributed by atoms with Gasteiger partial charge in [-0.1, -0.05) is 29.3 Å². The van der Waals surface area contributed by atoms with Crippen LogP contribution in [0.25, 0.3) is 0 Å². The van der Waals surface area contributed by atoms with E-state index in [9.17, 15) is 13.2 Å². The molecule has 0 aliphatic heterocycles. The maximum atomic E-state index is 12.3. The molecule has 0 unspecified atom stereocenters. The topological polar surface area (TPSA) is 83.5 Å². The fraction of sp³-hybridized carbons (Fsp3) is 0.0714. The Morgan fingerprint density at radius 2 is 1.77 bits per heavy atom. The molecular weight excluding hydrogens is 349 g/mol. The molecule has 0 heterocycles. The SMILES string of the molecule is Cc1ccc(NS(=O)(=O)c2ccc(Cl)c(C(=O)O)c2)cc1Cl. The summed E-state index contributed by atoms with van der Waals surface area (Å²) in [5, 5.41) is 9.38. The minimum atomic E-state index is -3.95. The monoisotopic (exact) mass is 359 g/mol. The molecule has 2 rings (SSSR count). The van der Waals surface area contributed by atoms with Gasteiger partial charge in [0.15, 0.2) is 0 Å². The zero-order valence-corrected chi connectivity index (χ0v) is 13.6. The van der Waals surface area contributed by atoms with E-state index in [1.54, 1.807) is 19.1 Å². The van der Waals surface area contributed by atoms with Gasteiger partial charge in [-0.05, 0) is 42.8 Å². The van der Waals surface area contributed by atoms with Crippen LogP contribution in [0.2, 0.25) is 10.0 Å². The van der Waals surface area contributed by atoms with Crippen LogP contribution in [0.15, 0.2) is 41.3 Å². The molecule has 0 aliphatic rings. The van der Waals surface area contributed by atoms with Crippen LogP contribution in [0.3, 0.4) is 0 Å². The molecular formula is C14H11Cl2NO4S. The highest BCUT2D eigenvalue weighted by molar-refractivity contribution is 7.92. The number of sulfonamides is 1. The van der Waals surface area contributed by atoms with E-state index in [4.69, 9.17) is 28.3 Å². The van der Waals surface area contributed by atoms with Gasteiger partial charge in [-0.2, -0.15) is 0 Å². The zero-order chi connectivity index (χ0) is 16.5. The van der Waals surface area contributed by atoms with Crippen molar-refractivity contribution in [1.82, 2.24) is 0 Å². The first-order valence-electron chi connectivity index (χ1n) is 6.02. The third-order valence-electron chi connectivity index (χ3n) is 2.90. The second-order valence-corrected chi connectivity index (χ2v) is 7.01. The van der Waals surface area contributed by atoms with E-state index in [1.807, 2.05) is 0 Å². The van der Waals surface area contributed by atoms with Gasteiger partial charge >= 0.3 is 5.97 Å². The third kappa shape index (κ3) is 3.52. The summed E-state index contributed by atoms with van der Waals surface area (Å²) in [6, 6.07) is 8.16. The van der Waals surface area contributed by atoms with Gasteiger partial charge in [0.05, 0.1) is 21.2 Å². The smallest absolute Gasteiger partial charge is 0.337 e. The summed E-state index contributed by atoms with van der Waals surface area (Å²) in [5.41, 5.74) is 0.804. The summed E-state index contributed by atoms with van der Waals surface area (Å²) >= 11 is 11.7. The number of carboxylic acid groups (broad SMARTS) is 1. The van der Waals surface area contributed by atoms with Crippen molar-refractivity contribution in [3.8, 4) is 0 Å². The number of nitrogens with one attached hydrogen (secondary N) is 1. The number of hydrogen-bond acceptors (Lipinski definition) is 3. The number of hydrogen-bond donors (Lipinski definition) is 2. The van der Waals surface area contributed by atoms with E-state index in [1.165, 1.54) is 18.2 Å². The lowest BCUT2D eigenvalue weighted by Crippen LogP contribution is -2.14. The summed E-state index contributed by atoms with van der Waals surface area (Å²) in [4.78, 5) is 10.8. The summed E-state index contributed by atoms with van der Waals surface area (Å²) in [5.74, 6) is -1.31. The van der Waals surface area contributed by atoms with E-state index in [-0.39, 0.29) is 21.2 Å². The molecule has 0 aliphatic carbocycles. The Hall–Kier alpha value is -1.76. The van der Waals surface area contributed by atoms with Gasteiger partial charge in [0.2, 0.25) is 0 Å². The molecule has 2 aromatic carbocycles. The molecule has 8 heteroatoms. The van der Waals surface area contributed by atoms with Crippen molar-refractivity contribution in [3.05, 3.63) is 57.6 Å². The van der Waals surface area contributed by atoms with Crippen LogP contribution in [-0.4, -0.2) is 19.5 Å². The number of rotatable bonds is 4. The first kappa shape index (κ1) is 16.6. The number of halogens is 2. The molecule has 0 amide bonds. The molecule has 0 atom stereocenters. The number of anilines is 1. The van der Waals surface area contributed by atoms with Crippen LogP contribution in [0.5, 0.6) is 0 Å². The van der Waals surface area contributed by atoms with Crippen molar-refractivity contribution in [2.75, 3.05) is 4.72 Å². The van der Waals surface area contributed by atoms with Gasteiger partial charge < -0.3 is 5.11 Å². The van der Waals surface area contributed by atoms with Gasteiger partial charge in [-0.15, -0.1) is 0 Å². The van der Waals surface area contributed by atoms with E-state index in [0.29, 0.717) is 5.02 Å². The molecule has 0 aromatic heterocycles. The highest BCUT2D eigenvalue weighted by Crippen LogP contribution is 2.25. The Bertz CT molecular complexity index is 850. The van der Waals surface area contributed by atoms with E-state index in [0.717, 1.165) is 11.6 Å². The fourth-order valence-electron chi connectivity index (χ4n) is 1.71. The lowest BCUT2D eigenvalue weighted by Gasteiger charge is -2.10. The second-order valence-electron chi connectivity index (χ2n) is 4.52. The average molecular weight is 360 g/mol. The summed E-state index contributed by atoms with van der Waals surface area (Å²) < 4.78 is 26.9. The number of benzene rings is 2. The first-order valence-corrected chi connectivity index (χ1v) is 8.26. The van der Waals surface area contributed by atoms with Crippen LogP contribution in [0, 0.1) is 6.92 Å². The van der Waals surface area contributed by atoms with Gasteiger partial charge in [-0.3, -0.25) is 4.72 Å². The number of aromatic carboxylic acids is 1. The quantitative estimate of drug-likeness (QED) is 0.869. The predicted octanol–water partition coefficient (Wildman–Crippen LogP) is 3.80. The highest BCUT2D eigenvalue weighted by Gasteiger charge is 2.18. The Morgan fingerprint density at radius 3 is 2.36 bits per heavy atom. The van der Waals surface area contributed by atoms with Crippen molar-refractivity contribution < 1.29 is 18.3 Å². The van der Waals surface area contributed by atoms with Crippen LogP contribution in [0.1, 0.15) is 15.9 Å². The van der Waals surface area contributed by atoms with Crippen LogP contribution in [0.4, 0.5) is 5.69 Å². The van der Waals surface area contributed by atoms with Crippen molar-refractivity contribution in [2.45, 2.75) is 11.8 Å². The predicted molar refractivity (Wildman–Crippen MR) is 85.4 cm³/mol. The van der Waals surface area contributed by atoms with Crippen LogP contribution >= 0.6 is 23.2 Å². The van der Waals surface area contributed by atoms with Gasteiger partial charge in [0, 0.05) is 5.02 Å². The molecule has 2 aromatic rings. The summed E-state index contributed by atoms with van der Waals surface area (Å²) in [7, 11) is -3.95. The largest absolute Gasteiger partial charge is 0.478 e. The van der Waals surface area contributed by atoms with E-state index in [2.05, 4.69) is 4.72 Å². The lowest BCUT2D eigenvalue weighted by atomic mass is 10.2. The minimum absolute atomic E-state index is 0.0372. The Labute approximate surface area is 137 Å². The molecule has 116 valence electrons. The molecule has 0 bridgehead atoms. The van der Waals surface area contributed by atoms with Crippen molar-refractivity contribution >= 4 is 44.9 Å². The second kappa shape index (κ2) is 6.16. The highest BCUT2D eigenvalue weighted by atomic mass is 35.5. The third-order valence-corrected chi connectivity index (χ3v) is 5.02. The van der Waals surface area contributed by atoms with E-state index >= 15 is 0 Å². The van der Waals surface area contributed by atoms with Crippen LogP contribution < -0.4 is 4.72 Å². The normalized spacial score (nSPS) is 11.2. The average Bonchev–Trinajstić information content (AvgIpc) is 2.42. The fourth-order valence-corrected chi connectivity index (χ4v) is 3.16. The molecule has 22 heavy (non-hydrogen) atoms. The maximum Gasteiger partial charge on any atom is 0.337 e. The summed E-state index contributed by atoms with van der Waals surface area (Å²) in [6.45, 7) is 1.79. The molecule has 0 spiro atoms. The summed E-state index contributed by atoms with van der Waals surface area (Å²) in [6.07, 6.45) is 0. The Morgan fingerprint density at radius 1 is 1.09 bits per heavy atom. The molecule has 0 saturated carbocycles. The standard InChI is InChI=1S/C14H11Cl2NO4S/c1-8-2-3-9(6-13(8)16)17-22(20,21)10-4-5-12(15)11(7-10)14(18)19/h2-7,17H,1H3,(H,18,19). The van der Waals surface area contributed by atoms with Gasteiger partial charge in [0.25, 0.3) is 10.0 Å². The lowest BCUT2D eigenvalue weighted by molar-refractivity contribution is 0.0697. The van der Waals surface area contributed by atoms with Crippen molar-refractivity contribution in [1.29, 1.82) is 0 Å². The van der Waals surface area contributed by atoms with Gasteiger partial charge in [-0.25, -0.2) is 13.2 Å². The molecule has 0 saturated heterocycles. The van der Waals surface area contributed by atoms with Crippen LogP contribution in [-0.2, 0) is 10.0 Å². The van der Waals surface area contributed by atoms with E-state index < -0.39 is 16.0 Å². The van der Waals surface area contributed by atoms with Crippen molar-refractivity contribution in [3.63, 3.8) is 0 Å². The number of carboxylic acids is 1.